The van der Waals surface area contributed by atoms with Crippen LogP contribution in [-0.2, 0) is 6.54 Å². The third-order valence-electron chi connectivity index (χ3n) is 5.33. The Balaban J connectivity index is 1.47. The number of amides is 1. The highest BCUT2D eigenvalue weighted by Crippen LogP contribution is 2.30. The van der Waals surface area contributed by atoms with E-state index in [0.29, 0.717) is 17.3 Å². The lowest BCUT2D eigenvalue weighted by Crippen LogP contribution is -2.46. The highest BCUT2D eigenvalue weighted by molar-refractivity contribution is 6.31. The molecule has 1 fully saturated rings. The van der Waals surface area contributed by atoms with Gasteiger partial charge in [0.1, 0.15) is 0 Å². The lowest BCUT2D eigenvalue weighted by Gasteiger charge is -2.36. The van der Waals surface area contributed by atoms with Crippen LogP contribution in [0.25, 0.3) is 0 Å². The molecule has 0 saturated carbocycles. The van der Waals surface area contributed by atoms with Crippen molar-refractivity contribution >= 4 is 28.9 Å². The van der Waals surface area contributed by atoms with Crippen LogP contribution in [0, 0.1) is 0 Å². The van der Waals surface area contributed by atoms with Crippen LogP contribution in [0.3, 0.4) is 0 Å². The maximum absolute atomic E-state index is 12.8. The number of hydrogen-bond acceptors (Lipinski definition) is 5. The van der Waals surface area contributed by atoms with E-state index in [1.165, 1.54) is 0 Å². The fourth-order valence-corrected chi connectivity index (χ4v) is 3.80. The van der Waals surface area contributed by atoms with Crippen LogP contribution in [0.2, 0.25) is 5.02 Å². The molecule has 1 amide bonds. The number of carbonyl (C=O) groups is 1. The summed E-state index contributed by atoms with van der Waals surface area (Å²) in [4.78, 5) is 17.5. The minimum Gasteiger partial charge on any atom is -0.367 e. The van der Waals surface area contributed by atoms with Crippen molar-refractivity contribution in [3.8, 4) is 0 Å². The summed E-state index contributed by atoms with van der Waals surface area (Å²) >= 11 is 6.22. The largest absolute Gasteiger partial charge is 0.367 e. The zero-order chi connectivity index (χ0) is 20.9. The highest BCUT2D eigenvalue weighted by atomic mass is 35.5. The topological polar surface area (TPSA) is 66.3 Å². The number of benzene rings is 2. The second-order valence-electron chi connectivity index (χ2n) is 7.32. The molecular weight excluding hydrogens is 400 g/mol. The van der Waals surface area contributed by atoms with E-state index in [1.807, 2.05) is 42.5 Å². The van der Waals surface area contributed by atoms with Crippen LogP contribution in [0.5, 0.6) is 0 Å². The molecule has 2 aromatic carbocycles. The SMILES string of the molecule is CCN1CCN(c2ccc(Cl)cc2NC(=O)c2cn(Cc3ccccc3)nn2)CC1. The number of piperazine rings is 1. The normalized spacial score (nSPS) is 14.7. The van der Waals surface area contributed by atoms with Gasteiger partial charge in [-0.05, 0) is 30.3 Å². The van der Waals surface area contributed by atoms with Crippen molar-refractivity contribution in [2.45, 2.75) is 13.5 Å². The Kier molecular flexibility index (Phi) is 6.30. The van der Waals surface area contributed by atoms with Crippen LogP contribution in [-0.4, -0.2) is 58.5 Å². The van der Waals surface area contributed by atoms with Gasteiger partial charge >= 0.3 is 0 Å². The van der Waals surface area contributed by atoms with Gasteiger partial charge in [-0.1, -0.05) is 54.1 Å². The lowest BCUT2D eigenvalue weighted by molar-refractivity contribution is 0.102. The quantitative estimate of drug-likeness (QED) is 0.657. The summed E-state index contributed by atoms with van der Waals surface area (Å²) in [6.07, 6.45) is 1.66. The number of nitrogens with one attached hydrogen (secondary N) is 1. The Morgan fingerprint density at radius 2 is 1.87 bits per heavy atom. The number of carbonyl (C=O) groups excluding carboxylic acids is 1. The first kappa shape index (κ1) is 20.4. The Hall–Kier alpha value is -2.90. The molecular formula is C22H25ClN6O. The molecule has 1 saturated heterocycles. The Morgan fingerprint density at radius 1 is 1.10 bits per heavy atom. The smallest absolute Gasteiger partial charge is 0.277 e. The molecule has 0 unspecified atom stereocenters. The molecule has 2 heterocycles. The van der Waals surface area contributed by atoms with Crippen LogP contribution in [0.1, 0.15) is 23.0 Å². The summed E-state index contributed by atoms with van der Waals surface area (Å²) in [7, 11) is 0. The molecule has 1 N–H and O–H groups in total. The maximum atomic E-state index is 12.8. The summed E-state index contributed by atoms with van der Waals surface area (Å²) < 4.78 is 1.66. The first-order valence-electron chi connectivity index (χ1n) is 10.1. The molecule has 1 aliphatic heterocycles. The first-order chi connectivity index (χ1) is 14.6. The number of anilines is 2. The van der Waals surface area contributed by atoms with Crippen molar-refractivity contribution < 1.29 is 4.79 Å². The molecule has 30 heavy (non-hydrogen) atoms. The average Bonchev–Trinajstić information content (AvgIpc) is 3.23. The summed E-state index contributed by atoms with van der Waals surface area (Å²) in [6, 6.07) is 15.5. The monoisotopic (exact) mass is 424 g/mol. The zero-order valence-electron chi connectivity index (χ0n) is 17.0. The van der Waals surface area contributed by atoms with Gasteiger partial charge in [0.05, 0.1) is 24.1 Å². The van der Waals surface area contributed by atoms with Gasteiger partial charge in [-0.3, -0.25) is 4.79 Å². The van der Waals surface area contributed by atoms with Crippen molar-refractivity contribution in [1.82, 2.24) is 19.9 Å². The van der Waals surface area contributed by atoms with Crippen LogP contribution >= 0.6 is 11.6 Å². The van der Waals surface area contributed by atoms with E-state index >= 15 is 0 Å². The van der Waals surface area contributed by atoms with Crippen molar-refractivity contribution in [2.24, 2.45) is 0 Å². The van der Waals surface area contributed by atoms with Gasteiger partial charge in [0.25, 0.3) is 5.91 Å². The summed E-state index contributed by atoms with van der Waals surface area (Å²) in [5, 5.41) is 11.7. The molecule has 7 nitrogen and oxygen atoms in total. The van der Waals surface area contributed by atoms with E-state index in [9.17, 15) is 4.79 Å². The van der Waals surface area contributed by atoms with Gasteiger partial charge in [-0.2, -0.15) is 0 Å². The third-order valence-corrected chi connectivity index (χ3v) is 5.56. The van der Waals surface area contributed by atoms with E-state index in [2.05, 4.69) is 32.4 Å². The number of halogens is 1. The van der Waals surface area contributed by atoms with Gasteiger partial charge in [-0.25, -0.2) is 4.68 Å². The number of aromatic nitrogens is 3. The highest BCUT2D eigenvalue weighted by Gasteiger charge is 2.20. The summed E-state index contributed by atoms with van der Waals surface area (Å²) in [6.45, 7) is 7.61. The predicted octanol–water partition coefficient (Wildman–Crippen LogP) is 3.37. The van der Waals surface area contributed by atoms with Gasteiger partial charge < -0.3 is 15.1 Å². The van der Waals surface area contributed by atoms with E-state index in [4.69, 9.17) is 11.6 Å². The molecule has 0 aliphatic carbocycles. The minimum absolute atomic E-state index is 0.271. The van der Waals surface area contributed by atoms with Crippen LogP contribution < -0.4 is 10.2 Å². The van der Waals surface area contributed by atoms with Crippen molar-refractivity contribution in [3.63, 3.8) is 0 Å². The molecule has 1 aliphatic rings. The zero-order valence-corrected chi connectivity index (χ0v) is 17.7. The third kappa shape index (κ3) is 4.80. The summed E-state index contributed by atoms with van der Waals surface area (Å²) in [5.41, 5.74) is 3.03. The Labute approximate surface area is 181 Å². The van der Waals surface area contributed by atoms with Crippen molar-refractivity contribution in [1.29, 1.82) is 0 Å². The molecule has 156 valence electrons. The predicted molar refractivity (Wildman–Crippen MR) is 119 cm³/mol. The first-order valence-corrected chi connectivity index (χ1v) is 10.5. The van der Waals surface area contributed by atoms with Gasteiger partial charge in [0, 0.05) is 31.2 Å². The van der Waals surface area contributed by atoms with Gasteiger partial charge in [0.15, 0.2) is 5.69 Å². The molecule has 4 rings (SSSR count). The average molecular weight is 425 g/mol. The van der Waals surface area contributed by atoms with Gasteiger partial charge in [0.2, 0.25) is 0 Å². The maximum Gasteiger partial charge on any atom is 0.277 e. The standard InChI is InChI=1S/C22H25ClN6O/c1-2-27-10-12-28(13-11-27)21-9-8-18(23)14-19(21)24-22(30)20-16-29(26-25-20)15-17-6-4-3-5-7-17/h3-9,14,16H,2,10-13,15H2,1H3,(H,24,30). The molecule has 0 bridgehead atoms. The number of nitrogens with zero attached hydrogens (tertiary/aromatic N) is 5. The van der Waals surface area contributed by atoms with E-state index in [1.54, 1.807) is 16.9 Å². The molecule has 0 spiro atoms. The Bertz CT molecular complexity index is 998. The molecule has 0 atom stereocenters. The fourth-order valence-electron chi connectivity index (χ4n) is 3.63. The van der Waals surface area contributed by atoms with Crippen LogP contribution in [0.15, 0.2) is 54.7 Å². The molecule has 3 aromatic rings. The van der Waals surface area contributed by atoms with Gasteiger partial charge in [-0.15, -0.1) is 5.10 Å². The minimum atomic E-state index is -0.301. The summed E-state index contributed by atoms with van der Waals surface area (Å²) in [5.74, 6) is -0.301. The van der Waals surface area contributed by atoms with E-state index in [-0.39, 0.29) is 11.6 Å². The van der Waals surface area contributed by atoms with E-state index in [0.717, 1.165) is 44.0 Å². The second-order valence-corrected chi connectivity index (χ2v) is 7.76. The molecule has 1 aromatic heterocycles. The number of likely N-dealkylation sites (N-methyl/N-ethyl adjacent to an activating group) is 1. The Morgan fingerprint density at radius 3 is 2.60 bits per heavy atom. The molecule has 8 heteroatoms. The van der Waals surface area contributed by atoms with Crippen LogP contribution in [0.4, 0.5) is 11.4 Å². The number of rotatable bonds is 6. The van der Waals surface area contributed by atoms with E-state index < -0.39 is 0 Å². The van der Waals surface area contributed by atoms with Crippen molar-refractivity contribution in [2.75, 3.05) is 42.9 Å². The lowest BCUT2D eigenvalue weighted by atomic mass is 10.2. The van der Waals surface area contributed by atoms with Crippen molar-refractivity contribution in [3.05, 3.63) is 71.0 Å². The second kappa shape index (κ2) is 9.28. The fraction of sp³-hybridized carbons (Fsp3) is 0.318. The number of hydrogen-bond donors (Lipinski definition) is 1. The molecule has 0 radical (unpaired) electrons.